The lowest BCUT2D eigenvalue weighted by Gasteiger charge is -2.38. The highest BCUT2D eigenvalue weighted by Crippen LogP contribution is 2.26. The Morgan fingerprint density at radius 2 is 1.84 bits per heavy atom. The zero-order valence-corrected chi connectivity index (χ0v) is 18.5. The molecule has 1 fully saturated rings. The van der Waals surface area contributed by atoms with E-state index in [2.05, 4.69) is 4.72 Å². The van der Waals surface area contributed by atoms with Crippen LogP contribution in [0.15, 0.2) is 47.4 Å². The topological polar surface area (TPSA) is 130 Å². The first-order valence-corrected chi connectivity index (χ1v) is 11.9. The zero-order chi connectivity index (χ0) is 23.3. The first kappa shape index (κ1) is 23.7. The van der Waals surface area contributed by atoms with Crippen molar-refractivity contribution >= 4 is 38.6 Å². The Morgan fingerprint density at radius 3 is 2.44 bits per heavy atom. The summed E-state index contributed by atoms with van der Waals surface area (Å²) in [5, 5.41) is 10.8. The van der Waals surface area contributed by atoms with Crippen LogP contribution in [0.4, 0.5) is 0 Å². The van der Waals surface area contributed by atoms with Gasteiger partial charge in [0.1, 0.15) is 12.6 Å². The van der Waals surface area contributed by atoms with Gasteiger partial charge < -0.3 is 14.7 Å². The molecule has 1 aliphatic carbocycles. The second-order valence-electron chi connectivity index (χ2n) is 7.64. The van der Waals surface area contributed by atoms with Crippen LogP contribution in [-0.4, -0.2) is 61.5 Å². The lowest BCUT2D eigenvalue weighted by molar-refractivity contribution is -0.153. The number of nitrogens with one attached hydrogen (secondary N) is 1. The molecule has 9 nitrogen and oxygen atoms in total. The van der Waals surface area contributed by atoms with Gasteiger partial charge in [-0.05, 0) is 49.1 Å². The summed E-state index contributed by atoms with van der Waals surface area (Å²) >= 11 is 0. The number of carboxylic acid groups (broad SMARTS) is 1. The van der Waals surface area contributed by atoms with E-state index in [1.165, 1.54) is 17.0 Å². The van der Waals surface area contributed by atoms with Crippen LogP contribution in [0.25, 0.3) is 10.8 Å². The quantitative estimate of drug-likeness (QED) is 0.516. The van der Waals surface area contributed by atoms with Crippen molar-refractivity contribution in [1.82, 2.24) is 9.62 Å². The van der Waals surface area contributed by atoms with Gasteiger partial charge in [0.2, 0.25) is 15.9 Å². The standard InChI is InChI=1S/C22H26N2O7S/c1-2-31-21(27)14-24(17-8-5-9-17)22(28)19(13-20(25)26)23-32(29,30)18-11-10-15-6-3-4-7-16(15)12-18/h3-4,6-7,10-12,17,19,23H,2,5,8-9,13-14H2,1H3,(H,25,26)/t19-/m0/s1. The van der Waals surface area contributed by atoms with E-state index in [1.54, 1.807) is 25.1 Å². The molecule has 2 aromatic carbocycles. The summed E-state index contributed by atoms with van der Waals surface area (Å²) in [4.78, 5) is 37.8. The molecule has 0 saturated heterocycles. The molecule has 0 heterocycles. The molecule has 1 amide bonds. The van der Waals surface area contributed by atoms with E-state index in [0.29, 0.717) is 18.2 Å². The molecular formula is C22H26N2O7S. The van der Waals surface area contributed by atoms with Gasteiger partial charge in [0.25, 0.3) is 0 Å². The number of carboxylic acids is 1. The Hall–Kier alpha value is -2.98. The first-order valence-electron chi connectivity index (χ1n) is 10.4. The Balaban J connectivity index is 1.87. The van der Waals surface area contributed by atoms with Crippen LogP contribution in [0.5, 0.6) is 0 Å². The molecule has 1 atom stereocenters. The van der Waals surface area contributed by atoms with E-state index in [-0.39, 0.29) is 24.1 Å². The maximum atomic E-state index is 13.2. The average molecular weight is 463 g/mol. The molecule has 1 saturated carbocycles. The lowest BCUT2D eigenvalue weighted by Crippen LogP contribution is -2.55. The molecule has 1 aliphatic rings. The Bertz CT molecular complexity index is 1110. The number of sulfonamides is 1. The third kappa shape index (κ3) is 5.63. The summed E-state index contributed by atoms with van der Waals surface area (Å²) in [6.45, 7) is 1.42. The molecule has 3 rings (SSSR count). The van der Waals surface area contributed by atoms with Crippen LogP contribution in [0, 0.1) is 0 Å². The van der Waals surface area contributed by atoms with E-state index < -0.39 is 40.3 Å². The largest absolute Gasteiger partial charge is 0.481 e. The highest BCUT2D eigenvalue weighted by atomic mass is 32.2. The van der Waals surface area contributed by atoms with Crippen LogP contribution >= 0.6 is 0 Å². The monoisotopic (exact) mass is 462 g/mol. The molecule has 10 heteroatoms. The van der Waals surface area contributed by atoms with E-state index >= 15 is 0 Å². The minimum atomic E-state index is -4.21. The molecule has 2 aromatic rings. The van der Waals surface area contributed by atoms with Crippen molar-refractivity contribution < 1.29 is 32.6 Å². The Kier molecular flexibility index (Phi) is 7.47. The van der Waals surface area contributed by atoms with Crippen LogP contribution in [0.1, 0.15) is 32.6 Å². The first-order chi connectivity index (χ1) is 15.2. The summed E-state index contributed by atoms with van der Waals surface area (Å²) in [5.41, 5.74) is 0. The van der Waals surface area contributed by atoms with Crippen molar-refractivity contribution in [1.29, 1.82) is 0 Å². The summed E-state index contributed by atoms with van der Waals surface area (Å²) in [6, 6.07) is 9.88. The summed E-state index contributed by atoms with van der Waals surface area (Å²) < 4.78 is 33.2. The number of amides is 1. The van der Waals surface area contributed by atoms with Crippen LogP contribution < -0.4 is 4.72 Å². The van der Waals surface area contributed by atoms with E-state index in [4.69, 9.17) is 4.74 Å². The SMILES string of the molecule is CCOC(=O)CN(C(=O)[C@H](CC(=O)O)NS(=O)(=O)c1ccc2ccccc2c1)C1CCC1. The van der Waals surface area contributed by atoms with Crippen molar-refractivity contribution in [3.63, 3.8) is 0 Å². The predicted octanol–water partition coefficient (Wildman–Crippen LogP) is 1.91. The molecular weight excluding hydrogens is 436 g/mol. The van der Waals surface area contributed by atoms with Gasteiger partial charge in [-0.3, -0.25) is 14.4 Å². The number of carbonyl (C=O) groups excluding carboxylic acids is 2. The van der Waals surface area contributed by atoms with Gasteiger partial charge in [0.05, 0.1) is 17.9 Å². The summed E-state index contributed by atoms with van der Waals surface area (Å²) in [5.74, 6) is -2.72. The number of ether oxygens (including phenoxy) is 1. The van der Waals surface area contributed by atoms with Crippen molar-refractivity contribution in [2.75, 3.05) is 13.2 Å². The van der Waals surface area contributed by atoms with Crippen molar-refractivity contribution in [2.24, 2.45) is 0 Å². The van der Waals surface area contributed by atoms with Crippen LogP contribution in [-0.2, 0) is 29.1 Å². The molecule has 0 aromatic heterocycles. The average Bonchev–Trinajstić information content (AvgIpc) is 2.70. The van der Waals surface area contributed by atoms with Gasteiger partial charge >= 0.3 is 11.9 Å². The zero-order valence-electron chi connectivity index (χ0n) is 17.7. The van der Waals surface area contributed by atoms with Crippen molar-refractivity contribution in [3.8, 4) is 0 Å². The number of nitrogens with zero attached hydrogens (tertiary/aromatic N) is 1. The van der Waals surface area contributed by atoms with Gasteiger partial charge in [0.15, 0.2) is 0 Å². The Labute approximate surface area is 186 Å². The van der Waals surface area contributed by atoms with Crippen molar-refractivity contribution in [2.45, 2.75) is 49.6 Å². The highest BCUT2D eigenvalue weighted by molar-refractivity contribution is 7.89. The van der Waals surface area contributed by atoms with Crippen LogP contribution in [0.2, 0.25) is 0 Å². The van der Waals surface area contributed by atoms with Crippen molar-refractivity contribution in [3.05, 3.63) is 42.5 Å². The van der Waals surface area contributed by atoms with Gasteiger partial charge in [-0.2, -0.15) is 4.72 Å². The predicted molar refractivity (Wildman–Crippen MR) is 116 cm³/mol. The van der Waals surface area contributed by atoms with Gasteiger partial charge in [-0.25, -0.2) is 8.42 Å². The molecule has 2 N–H and O–H groups in total. The maximum Gasteiger partial charge on any atom is 0.325 e. The molecule has 32 heavy (non-hydrogen) atoms. The number of carbonyl (C=O) groups is 3. The molecule has 172 valence electrons. The van der Waals surface area contributed by atoms with E-state index in [1.807, 2.05) is 12.1 Å². The summed E-state index contributed by atoms with van der Waals surface area (Å²) in [7, 11) is -4.21. The molecule has 0 aliphatic heterocycles. The smallest absolute Gasteiger partial charge is 0.325 e. The number of hydrogen-bond donors (Lipinski definition) is 2. The van der Waals surface area contributed by atoms with E-state index in [0.717, 1.165) is 11.8 Å². The lowest BCUT2D eigenvalue weighted by atomic mass is 9.91. The minimum Gasteiger partial charge on any atom is -0.481 e. The number of fused-ring (bicyclic) bond motifs is 1. The highest BCUT2D eigenvalue weighted by Gasteiger charge is 2.37. The van der Waals surface area contributed by atoms with Gasteiger partial charge in [-0.15, -0.1) is 0 Å². The fourth-order valence-electron chi connectivity index (χ4n) is 3.58. The van der Waals surface area contributed by atoms with Crippen LogP contribution in [0.3, 0.4) is 0 Å². The molecule has 0 bridgehead atoms. The molecule has 0 spiro atoms. The fourth-order valence-corrected chi connectivity index (χ4v) is 4.80. The minimum absolute atomic E-state index is 0.0834. The number of rotatable bonds is 10. The third-order valence-electron chi connectivity index (χ3n) is 5.41. The maximum absolute atomic E-state index is 13.2. The number of benzene rings is 2. The number of aliphatic carboxylic acids is 1. The van der Waals surface area contributed by atoms with E-state index in [9.17, 15) is 27.9 Å². The second-order valence-corrected chi connectivity index (χ2v) is 9.35. The molecule has 0 radical (unpaired) electrons. The third-order valence-corrected chi connectivity index (χ3v) is 6.88. The normalized spacial score (nSPS) is 15.0. The second kappa shape index (κ2) is 10.1. The van der Waals surface area contributed by atoms with Gasteiger partial charge in [0, 0.05) is 6.04 Å². The number of esters is 1. The summed E-state index contributed by atoms with van der Waals surface area (Å²) in [6.07, 6.45) is 1.42. The van der Waals surface area contributed by atoms with Gasteiger partial charge in [-0.1, -0.05) is 30.3 Å². The Morgan fingerprint density at radius 1 is 1.16 bits per heavy atom. The fraction of sp³-hybridized carbons (Fsp3) is 0.409. The molecule has 0 unspecified atom stereocenters. The number of hydrogen-bond acceptors (Lipinski definition) is 6.